The molecule has 0 radical (unpaired) electrons. The molecule has 104 valence electrons. The van der Waals surface area contributed by atoms with Crippen molar-refractivity contribution in [3.05, 3.63) is 38.0 Å². The molecule has 0 nitrogen and oxygen atoms in total. The quantitative estimate of drug-likeness (QED) is 0.363. The first-order valence-electron chi connectivity index (χ1n) is 7.59. The van der Waals surface area contributed by atoms with E-state index in [1.807, 2.05) is 0 Å². The van der Waals surface area contributed by atoms with Gasteiger partial charge >= 0.3 is 0 Å². The molecule has 0 fully saturated rings. The van der Waals surface area contributed by atoms with Gasteiger partial charge < -0.3 is 0 Å². The summed E-state index contributed by atoms with van der Waals surface area (Å²) in [5.41, 5.74) is 0. The van der Waals surface area contributed by atoms with E-state index in [2.05, 4.69) is 51.8 Å². The Morgan fingerprint density at radius 2 is 1.06 bits per heavy atom. The lowest BCUT2D eigenvalue weighted by Crippen LogP contribution is -2.07. The number of rotatable bonds is 12. The predicted octanol–water partition coefficient (Wildman–Crippen LogP) is 6.16. The number of allylic oxidation sites excluding steroid dienone is 3. The van der Waals surface area contributed by atoms with Gasteiger partial charge in [0.1, 0.15) is 0 Å². The Balaban J connectivity index is 4.12. The fourth-order valence-electron chi connectivity index (χ4n) is 2.60. The van der Waals surface area contributed by atoms with E-state index in [1.54, 1.807) is 0 Å². The van der Waals surface area contributed by atoms with Gasteiger partial charge in [-0.25, -0.2) is 0 Å². The van der Waals surface area contributed by atoms with Crippen molar-refractivity contribution in [2.45, 2.75) is 58.8 Å². The maximum absolute atomic E-state index is 4.00. The summed E-state index contributed by atoms with van der Waals surface area (Å²) in [4.78, 5) is 0. The van der Waals surface area contributed by atoms with E-state index in [4.69, 9.17) is 0 Å². The van der Waals surface area contributed by atoms with Crippen molar-refractivity contribution >= 4 is 0 Å². The van der Waals surface area contributed by atoms with Gasteiger partial charge in [-0.05, 0) is 49.9 Å². The topological polar surface area (TPSA) is 0 Å². The largest absolute Gasteiger partial charge is 0.103 e. The third-order valence-electron chi connectivity index (χ3n) is 3.83. The van der Waals surface area contributed by atoms with Crippen LogP contribution < -0.4 is 0 Å². The average Bonchev–Trinajstić information content (AvgIpc) is 2.40. The minimum Gasteiger partial charge on any atom is -0.103 e. The van der Waals surface area contributed by atoms with E-state index >= 15 is 0 Å². The molecule has 0 bridgehead atoms. The lowest BCUT2D eigenvalue weighted by Gasteiger charge is -2.20. The van der Waals surface area contributed by atoms with Crippen LogP contribution in [0, 0.1) is 17.8 Å². The van der Waals surface area contributed by atoms with Crippen molar-refractivity contribution in [1.82, 2.24) is 0 Å². The molecule has 0 aliphatic rings. The van der Waals surface area contributed by atoms with Gasteiger partial charge in [0.25, 0.3) is 0 Å². The van der Waals surface area contributed by atoms with Gasteiger partial charge in [0.15, 0.2) is 0 Å². The molecule has 0 rings (SSSR count). The molecule has 0 aromatic rings. The molecular formula is C18H32. The van der Waals surface area contributed by atoms with Crippen LogP contribution in [0.2, 0.25) is 0 Å². The Morgan fingerprint density at radius 1 is 0.667 bits per heavy atom. The van der Waals surface area contributed by atoms with Crippen molar-refractivity contribution < 1.29 is 0 Å². The van der Waals surface area contributed by atoms with Gasteiger partial charge in [0, 0.05) is 0 Å². The van der Waals surface area contributed by atoms with E-state index < -0.39 is 0 Å². The second kappa shape index (κ2) is 11.3. The number of hydrogen-bond acceptors (Lipinski definition) is 0. The maximum atomic E-state index is 4.00. The van der Waals surface area contributed by atoms with Gasteiger partial charge in [0.2, 0.25) is 0 Å². The minimum atomic E-state index is 0.638. The van der Waals surface area contributed by atoms with Crippen molar-refractivity contribution in [3.8, 4) is 0 Å². The van der Waals surface area contributed by atoms with Crippen molar-refractivity contribution in [1.29, 1.82) is 0 Å². The summed E-state index contributed by atoms with van der Waals surface area (Å²) < 4.78 is 0. The van der Waals surface area contributed by atoms with Crippen molar-refractivity contribution in [3.63, 3.8) is 0 Å². The summed E-state index contributed by atoms with van der Waals surface area (Å²) in [6.45, 7) is 16.4. The lowest BCUT2D eigenvalue weighted by atomic mass is 9.85. The first kappa shape index (κ1) is 17.2. The molecule has 0 aromatic carbocycles. The van der Waals surface area contributed by atoms with Crippen LogP contribution >= 0.6 is 0 Å². The highest BCUT2D eigenvalue weighted by molar-refractivity contribution is 4.88. The van der Waals surface area contributed by atoms with Crippen LogP contribution in [-0.2, 0) is 0 Å². The fourth-order valence-corrected chi connectivity index (χ4v) is 2.60. The zero-order valence-electron chi connectivity index (χ0n) is 12.5. The Bertz CT molecular complexity index is 226. The smallest absolute Gasteiger partial charge is 0.0230 e. The second-order valence-corrected chi connectivity index (χ2v) is 5.38. The molecule has 0 N–H and O–H groups in total. The van der Waals surface area contributed by atoms with E-state index in [0.29, 0.717) is 17.8 Å². The third-order valence-corrected chi connectivity index (χ3v) is 3.83. The van der Waals surface area contributed by atoms with Crippen LogP contribution in [0.5, 0.6) is 0 Å². The standard InChI is InChI=1S/C18H32/c1-6-11-16(8-3)13-14-18(10-5)15-17(9-4)12-7-2/h8-10,16-18H,3-7,11-15H2,1-2H3. The lowest BCUT2D eigenvalue weighted by molar-refractivity contribution is 0.398. The molecule has 0 saturated heterocycles. The molecule has 0 aliphatic carbocycles. The second-order valence-electron chi connectivity index (χ2n) is 5.38. The first-order chi connectivity index (χ1) is 8.71. The maximum Gasteiger partial charge on any atom is -0.0230 e. The first-order valence-corrected chi connectivity index (χ1v) is 7.59. The van der Waals surface area contributed by atoms with Gasteiger partial charge in [-0.2, -0.15) is 0 Å². The number of hydrogen-bond donors (Lipinski definition) is 0. The summed E-state index contributed by atoms with van der Waals surface area (Å²) in [5.74, 6) is 1.98. The SMILES string of the molecule is C=CC(CCC)CCC(C=C)CC(C=C)CCC. The molecule has 0 spiro atoms. The molecule has 0 saturated carbocycles. The molecule has 0 aromatic heterocycles. The van der Waals surface area contributed by atoms with Crippen LogP contribution in [0.15, 0.2) is 38.0 Å². The van der Waals surface area contributed by atoms with Crippen LogP contribution in [0.4, 0.5) is 0 Å². The normalized spacial score (nSPS) is 15.7. The van der Waals surface area contributed by atoms with E-state index in [-0.39, 0.29) is 0 Å². The fraction of sp³-hybridized carbons (Fsp3) is 0.667. The average molecular weight is 248 g/mol. The van der Waals surface area contributed by atoms with E-state index in [9.17, 15) is 0 Å². The molecule has 0 heterocycles. The van der Waals surface area contributed by atoms with Gasteiger partial charge in [0.05, 0.1) is 0 Å². The van der Waals surface area contributed by atoms with Crippen LogP contribution in [0.1, 0.15) is 58.8 Å². The highest BCUT2D eigenvalue weighted by Crippen LogP contribution is 2.26. The molecule has 18 heavy (non-hydrogen) atoms. The molecule has 3 atom stereocenters. The zero-order valence-corrected chi connectivity index (χ0v) is 12.5. The van der Waals surface area contributed by atoms with Gasteiger partial charge in [-0.1, -0.05) is 44.9 Å². The van der Waals surface area contributed by atoms with Crippen LogP contribution in [-0.4, -0.2) is 0 Å². The molecular weight excluding hydrogens is 216 g/mol. The predicted molar refractivity (Wildman–Crippen MR) is 84.7 cm³/mol. The Hall–Kier alpha value is -0.780. The van der Waals surface area contributed by atoms with Gasteiger partial charge in [-0.15, -0.1) is 19.7 Å². The summed E-state index contributed by atoms with van der Waals surface area (Å²) in [5, 5.41) is 0. The monoisotopic (exact) mass is 248 g/mol. The molecule has 0 heteroatoms. The highest BCUT2D eigenvalue weighted by atomic mass is 14.2. The van der Waals surface area contributed by atoms with Crippen LogP contribution in [0.3, 0.4) is 0 Å². The Labute approximate surface area is 115 Å². The summed E-state index contributed by atoms with van der Waals surface area (Å²) >= 11 is 0. The molecule has 3 unspecified atom stereocenters. The van der Waals surface area contributed by atoms with E-state index in [1.165, 1.54) is 44.9 Å². The van der Waals surface area contributed by atoms with Crippen LogP contribution in [0.25, 0.3) is 0 Å². The van der Waals surface area contributed by atoms with Crippen molar-refractivity contribution in [2.75, 3.05) is 0 Å². The summed E-state index contributed by atoms with van der Waals surface area (Å²) in [6.07, 6.45) is 15.1. The highest BCUT2D eigenvalue weighted by Gasteiger charge is 2.13. The third kappa shape index (κ3) is 7.53. The summed E-state index contributed by atoms with van der Waals surface area (Å²) in [6, 6.07) is 0. The zero-order chi connectivity index (χ0) is 13.8. The molecule has 0 amide bonds. The van der Waals surface area contributed by atoms with E-state index in [0.717, 1.165) is 0 Å². The summed E-state index contributed by atoms with van der Waals surface area (Å²) in [7, 11) is 0. The van der Waals surface area contributed by atoms with Crippen molar-refractivity contribution in [2.24, 2.45) is 17.8 Å². The Kier molecular flexibility index (Phi) is 10.8. The Morgan fingerprint density at radius 3 is 1.50 bits per heavy atom. The minimum absolute atomic E-state index is 0.638. The van der Waals surface area contributed by atoms with Gasteiger partial charge in [-0.3, -0.25) is 0 Å². The molecule has 0 aliphatic heterocycles.